The molecule has 1 nitrogen and oxygen atoms in total. The van der Waals surface area contributed by atoms with Crippen LogP contribution in [0.4, 0.5) is 0 Å². The van der Waals surface area contributed by atoms with Gasteiger partial charge in [-0.3, -0.25) is 0 Å². The first kappa shape index (κ1) is 6.81. The molecule has 2 heteroatoms. The molecule has 0 aromatic heterocycles. The van der Waals surface area contributed by atoms with Crippen molar-refractivity contribution in [1.29, 1.82) is 0 Å². The minimum atomic E-state index is 0. The molecule has 48 valence electrons. The van der Waals surface area contributed by atoms with Gasteiger partial charge in [-0.15, -0.1) is 24.0 Å². The Kier molecular flexibility index (Phi) is 1.82. The van der Waals surface area contributed by atoms with E-state index in [4.69, 9.17) is 5.73 Å². The van der Waals surface area contributed by atoms with Gasteiger partial charge < -0.3 is 5.73 Å². The van der Waals surface area contributed by atoms with E-state index < -0.39 is 0 Å². The van der Waals surface area contributed by atoms with E-state index in [0.29, 0.717) is 6.04 Å². The van der Waals surface area contributed by atoms with Gasteiger partial charge in [-0.1, -0.05) is 0 Å². The molecule has 2 saturated carbocycles. The quantitative estimate of drug-likeness (QED) is 0.619. The van der Waals surface area contributed by atoms with Crippen LogP contribution < -0.4 is 5.73 Å². The third-order valence-corrected chi connectivity index (χ3v) is 2.28. The van der Waals surface area contributed by atoms with Crippen LogP contribution in [-0.2, 0) is 0 Å². The Labute approximate surface area is 67.0 Å². The minimum Gasteiger partial charge on any atom is -0.328 e. The van der Waals surface area contributed by atoms with E-state index in [2.05, 4.69) is 0 Å². The highest BCUT2D eigenvalue weighted by Gasteiger charge is 2.44. The van der Waals surface area contributed by atoms with Crippen molar-refractivity contribution in [2.24, 2.45) is 17.6 Å². The van der Waals surface area contributed by atoms with Crippen molar-refractivity contribution in [3.8, 4) is 0 Å². The summed E-state index contributed by atoms with van der Waals surface area (Å²) < 4.78 is 0. The summed E-state index contributed by atoms with van der Waals surface area (Å²) in [5.41, 5.74) is 5.66. The number of rotatable bonds is 0. The Bertz CT molecular complexity index is 84.5. The van der Waals surface area contributed by atoms with E-state index in [1.807, 2.05) is 0 Å². The molecule has 0 aliphatic heterocycles. The third-order valence-electron chi connectivity index (χ3n) is 2.28. The van der Waals surface area contributed by atoms with Crippen LogP contribution in [0.15, 0.2) is 0 Å². The minimum absolute atomic E-state index is 0. The van der Waals surface area contributed by atoms with Crippen molar-refractivity contribution in [2.45, 2.75) is 25.3 Å². The van der Waals surface area contributed by atoms with Crippen LogP contribution in [0.25, 0.3) is 0 Å². The van der Waals surface area contributed by atoms with Crippen molar-refractivity contribution >= 4 is 24.0 Å². The summed E-state index contributed by atoms with van der Waals surface area (Å²) in [5.74, 6) is 2.13. The largest absolute Gasteiger partial charge is 0.328 e. The van der Waals surface area contributed by atoms with Gasteiger partial charge in [-0.25, -0.2) is 0 Å². The molecule has 2 aliphatic rings. The van der Waals surface area contributed by atoms with Gasteiger partial charge >= 0.3 is 0 Å². The molecule has 2 unspecified atom stereocenters. The fourth-order valence-corrected chi connectivity index (χ4v) is 1.76. The highest BCUT2D eigenvalue weighted by atomic mass is 127. The molecule has 0 heterocycles. The lowest BCUT2D eigenvalue weighted by atomic mass is 10.2. The summed E-state index contributed by atoms with van der Waals surface area (Å²) in [6.07, 6.45) is 4.14. The highest BCUT2D eigenvalue weighted by molar-refractivity contribution is 14.0. The SMILES string of the molecule is I.NC1CC2CC2C1. The lowest BCUT2D eigenvalue weighted by Gasteiger charge is -1.99. The number of halogens is 1. The smallest absolute Gasteiger partial charge is 0.00443 e. The maximum Gasteiger partial charge on any atom is 0.00443 e. The molecule has 8 heavy (non-hydrogen) atoms. The molecule has 2 aliphatic carbocycles. The molecule has 2 rings (SSSR count). The number of fused-ring (bicyclic) bond motifs is 1. The van der Waals surface area contributed by atoms with Crippen molar-refractivity contribution < 1.29 is 0 Å². The first-order valence-electron chi connectivity index (χ1n) is 3.12. The number of hydrogen-bond acceptors (Lipinski definition) is 1. The van der Waals surface area contributed by atoms with Crippen molar-refractivity contribution in [3.63, 3.8) is 0 Å². The fourth-order valence-electron chi connectivity index (χ4n) is 1.76. The molecule has 0 saturated heterocycles. The van der Waals surface area contributed by atoms with E-state index in [-0.39, 0.29) is 24.0 Å². The monoisotopic (exact) mass is 225 g/mol. The lowest BCUT2D eigenvalue weighted by molar-refractivity contribution is 0.614. The summed E-state index contributed by atoms with van der Waals surface area (Å²) >= 11 is 0. The van der Waals surface area contributed by atoms with E-state index in [9.17, 15) is 0 Å². The fraction of sp³-hybridized carbons (Fsp3) is 1.00. The second-order valence-corrected chi connectivity index (χ2v) is 2.99. The Morgan fingerprint density at radius 1 is 1.00 bits per heavy atom. The van der Waals surface area contributed by atoms with E-state index in [1.165, 1.54) is 19.3 Å². The second kappa shape index (κ2) is 2.14. The topological polar surface area (TPSA) is 26.0 Å². The van der Waals surface area contributed by atoms with Gasteiger partial charge in [-0.2, -0.15) is 0 Å². The molecule has 2 atom stereocenters. The summed E-state index contributed by atoms with van der Waals surface area (Å²) in [4.78, 5) is 0. The van der Waals surface area contributed by atoms with Crippen molar-refractivity contribution in [3.05, 3.63) is 0 Å². The summed E-state index contributed by atoms with van der Waals surface area (Å²) in [7, 11) is 0. The lowest BCUT2D eigenvalue weighted by Crippen LogP contribution is -2.16. The van der Waals surface area contributed by atoms with Gasteiger partial charge in [0, 0.05) is 6.04 Å². The summed E-state index contributed by atoms with van der Waals surface area (Å²) in [5, 5.41) is 0. The number of hydrogen-bond donors (Lipinski definition) is 1. The highest BCUT2D eigenvalue weighted by Crippen LogP contribution is 2.50. The zero-order chi connectivity index (χ0) is 4.85. The molecule has 0 amide bonds. The Morgan fingerprint density at radius 2 is 1.50 bits per heavy atom. The zero-order valence-corrected chi connectivity index (χ0v) is 7.17. The van der Waals surface area contributed by atoms with Crippen LogP contribution in [0.2, 0.25) is 0 Å². The summed E-state index contributed by atoms with van der Waals surface area (Å²) in [6.45, 7) is 0. The Hall–Kier alpha value is 0.690. The molecule has 0 radical (unpaired) electrons. The predicted molar refractivity (Wildman–Crippen MR) is 44.2 cm³/mol. The molecule has 0 aromatic carbocycles. The zero-order valence-electron chi connectivity index (χ0n) is 4.84. The van der Waals surface area contributed by atoms with Gasteiger partial charge in [0.2, 0.25) is 0 Å². The van der Waals surface area contributed by atoms with Crippen molar-refractivity contribution in [2.75, 3.05) is 0 Å². The Morgan fingerprint density at radius 3 is 1.75 bits per heavy atom. The molecular formula is C6H12IN. The first-order valence-corrected chi connectivity index (χ1v) is 3.12. The van der Waals surface area contributed by atoms with Gasteiger partial charge in [-0.05, 0) is 31.1 Å². The Balaban J connectivity index is 0.000000320. The van der Waals surface area contributed by atoms with Gasteiger partial charge in [0.1, 0.15) is 0 Å². The van der Waals surface area contributed by atoms with Crippen LogP contribution in [0.3, 0.4) is 0 Å². The normalized spacial score (nSPS) is 49.9. The number of nitrogens with two attached hydrogens (primary N) is 1. The third kappa shape index (κ3) is 1.00. The van der Waals surface area contributed by atoms with E-state index in [0.717, 1.165) is 11.8 Å². The van der Waals surface area contributed by atoms with Crippen LogP contribution in [0, 0.1) is 11.8 Å². The molecule has 0 aromatic rings. The average molecular weight is 225 g/mol. The standard InChI is InChI=1S/C6H11N.HI/c7-6-2-4-1-5(4)3-6;/h4-6H,1-3,7H2;1H. The molecule has 0 spiro atoms. The maximum atomic E-state index is 5.66. The van der Waals surface area contributed by atoms with Gasteiger partial charge in [0.25, 0.3) is 0 Å². The first-order chi connectivity index (χ1) is 3.36. The van der Waals surface area contributed by atoms with Crippen LogP contribution >= 0.6 is 24.0 Å². The predicted octanol–water partition coefficient (Wildman–Crippen LogP) is 1.36. The molecule has 0 bridgehead atoms. The molecule has 2 N–H and O–H groups in total. The summed E-state index contributed by atoms with van der Waals surface area (Å²) in [6, 6.07) is 0.573. The van der Waals surface area contributed by atoms with Gasteiger partial charge in [0.05, 0.1) is 0 Å². The average Bonchev–Trinajstić information content (AvgIpc) is 2.15. The van der Waals surface area contributed by atoms with Crippen molar-refractivity contribution in [1.82, 2.24) is 0 Å². The van der Waals surface area contributed by atoms with E-state index in [1.54, 1.807) is 0 Å². The molecular weight excluding hydrogens is 213 g/mol. The van der Waals surface area contributed by atoms with Crippen LogP contribution in [0.1, 0.15) is 19.3 Å². The van der Waals surface area contributed by atoms with Crippen LogP contribution in [-0.4, -0.2) is 6.04 Å². The second-order valence-electron chi connectivity index (χ2n) is 2.99. The molecule has 2 fully saturated rings. The van der Waals surface area contributed by atoms with Gasteiger partial charge in [0.15, 0.2) is 0 Å². The van der Waals surface area contributed by atoms with E-state index >= 15 is 0 Å². The maximum absolute atomic E-state index is 5.66. The van der Waals surface area contributed by atoms with Crippen LogP contribution in [0.5, 0.6) is 0 Å².